The Balaban J connectivity index is 2.54. The van der Waals surface area contributed by atoms with Gasteiger partial charge in [0.25, 0.3) is 0 Å². The molecule has 0 fully saturated rings. The number of rotatable bonds is 2. The average molecular weight is 202 g/mol. The first kappa shape index (κ1) is 9.83. The first-order valence-electron chi connectivity index (χ1n) is 4.99. The van der Waals surface area contributed by atoms with Gasteiger partial charge < -0.3 is 0 Å². The standard InChI is InChI=1S/C11H14N4/c1-8(2)11-10(7-14-15(11)3)9-4-5-12-13-6-9/h4-8H,1-3H3. The smallest absolute Gasteiger partial charge is 0.0575 e. The molecule has 4 heteroatoms. The normalized spacial score (nSPS) is 10.9. The van der Waals surface area contributed by atoms with Crippen molar-refractivity contribution >= 4 is 0 Å². The van der Waals surface area contributed by atoms with Crippen LogP contribution in [0.25, 0.3) is 11.1 Å². The monoisotopic (exact) mass is 202 g/mol. The van der Waals surface area contributed by atoms with Crippen LogP contribution in [-0.4, -0.2) is 20.0 Å². The fourth-order valence-electron chi connectivity index (χ4n) is 1.80. The van der Waals surface area contributed by atoms with E-state index < -0.39 is 0 Å². The van der Waals surface area contributed by atoms with E-state index in [-0.39, 0.29) is 0 Å². The summed E-state index contributed by atoms with van der Waals surface area (Å²) >= 11 is 0. The summed E-state index contributed by atoms with van der Waals surface area (Å²) in [6.07, 6.45) is 5.35. The van der Waals surface area contributed by atoms with E-state index in [4.69, 9.17) is 0 Å². The zero-order valence-corrected chi connectivity index (χ0v) is 9.18. The molecule has 2 aromatic heterocycles. The largest absolute Gasteiger partial charge is 0.272 e. The Morgan fingerprint density at radius 1 is 1.20 bits per heavy atom. The summed E-state index contributed by atoms with van der Waals surface area (Å²) in [6, 6.07) is 1.95. The summed E-state index contributed by atoms with van der Waals surface area (Å²) in [5.74, 6) is 0.445. The molecule has 78 valence electrons. The minimum absolute atomic E-state index is 0.445. The maximum Gasteiger partial charge on any atom is 0.0575 e. The van der Waals surface area contributed by atoms with Gasteiger partial charge in [0.15, 0.2) is 0 Å². The van der Waals surface area contributed by atoms with Gasteiger partial charge in [0.05, 0.1) is 18.6 Å². The van der Waals surface area contributed by atoms with Crippen LogP contribution in [0, 0.1) is 0 Å². The number of aromatic nitrogens is 4. The molecule has 0 atom stereocenters. The minimum atomic E-state index is 0.445. The summed E-state index contributed by atoms with van der Waals surface area (Å²) in [4.78, 5) is 0. The Kier molecular flexibility index (Phi) is 2.49. The first-order valence-corrected chi connectivity index (χ1v) is 4.99. The summed E-state index contributed by atoms with van der Waals surface area (Å²) in [5.41, 5.74) is 3.44. The third-order valence-corrected chi connectivity index (χ3v) is 2.43. The fourth-order valence-corrected chi connectivity index (χ4v) is 1.80. The van der Waals surface area contributed by atoms with Gasteiger partial charge in [-0.25, -0.2) is 0 Å². The lowest BCUT2D eigenvalue weighted by molar-refractivity contribution is 0.670. The van der Waals surface area contributed by atoms with Gasteiger partial charge in [-0.1, -0.05) is 13.8 Å². The molecule has 0 bridgehead atoms. The molecule has 0 amide bonds. The van der Waals surface area contributed by atoms with Crippen molar-refractivity contribution in [3.05, 3.63) is 30.4 Å². The van der Waals surface area contributed by atoms with Gasteiger partial charge >= 0.3 is 0 Å². The van der Waals surface area contributed by atoms with Gasteiger partial charge in [0, 0.05) is 23.9 Å². The molecule has 0 aliphatic heterocycles. The van der Waals surface area contributed by atoms with Crippen LogP contribution >= 0.6 is 0 Å². The summed E-state index contributed by atoms with van der Waals surface area (Å²) in [7, 11) is 1.97. The quantitative estimate of drug-likeness (QED) is 0.748. The molecular formula is C11H14N4. The van der Waals surface area contributed by atoms with Gasteiger partial charge in [0.1, 0.15) is 0 Å². The van der Waals surface area contributed by atoms with E-state index in [1.54, 1.807) is 12.4 Å². The molecule has 0 saturated heterocycles. The molecule has 0 aromatic carbocycles. The lowest BCUT2D eigenvalue weighted by atomic mass is 10.0. The third kappa shape index (κ3) is 1.75. The van der Waals surface area contributed by atoms with Crippen LogP contribution in [0.15, 0.2) is 24.7 Å². The lowest BCUT2D eigenvalue weighted by Gasteiger charge is -2.08. The van der Waals surface area contributed by atoms with Crippen molar-refractivity contribution in [1.82, 2.24) is 20.0 Å². The van der Waals surface area contributed by atoms with Gasteiger partial charge in [0.2, 0.25) is 0 Å². The molecule has 0 saturated carbocycles. The van der Waals surface area contributed by atoms with Gasteiger partial charge in [-0.15, -0.1) is 0 Å². The maximum absolute atomic E-state index is 4.28. The third-order valence-electron chi connectivity index (χ3n) is 2.43. The van der Waals surface area contributed by atoms with Crippen LogP contribution in [0.2, 0.25) is 0 Å². The summed E-state index contributed by atoms with van der Waals surface area (Å²) in [5, 5.41) is 11.9. The van der Waals surface area contributed by atoms with Crippen LogP contribution in [0.4, 0.5) is 0 Å². The Morgan fingerprint density at radius 3 is 2.60 bits per heavy atom. The zero-order valence-electron chi connectivity index (χ0n) is 9.18. The van der Waals surface area contributed by atoms with Crippen molar-refractivity contribution in [3.8, 4) is 11.1 Å². The second kappa shape index (κ2) is 3.81. The Morgan fingerprint density at radius 2 is 2.00 bits per heavy atom. The lowest BCUT2D eigenvalue weighted by Crippen LogP contribution is -2.01. The number of aryl methyl sites for hydroxylation is 1. The van der Waals surface area contributed by atoms with E-state index >= 15 is 0 Å². The number of hydrogen-bond donors (Lipinski definition) is 0. The van der Waals surface area contributed by atoms with Crippen molar-refractivity contribution in [2.75, 3.05) is 0 Å². The predicted octanol–water partition coefficient (Wildman–Crippen LogP) is 2.00. The molecule has 2 aromatic rings. The van der Waals surface area contributed by atoms with Crippen molar-refractivity contribution in [3.63, 3.8) is 0 Å². The van der Waals surface area contributed by atoms with E-state index in [0.29, 0.717) is 5.92 Å². The predicted molar refractivity (Wildman–Crippen MR) is 58.3 cm³/mol. The summed E-state index contributed by atoms with van der Waals surface area (Å²) < 4.78 is 1.92. The summed E-state index contributed by atoms with van der Waals surface area (Å²) in [6.45, 7) is 4.32. The van der Waals surface area contributed by atoms with E-state index in [9.17, 15) is 0 Å². The van der Waals surface area contributed by atoms with Crippen molar-refractivity contribution in [2.24, 2.45) is 7.05 Å². The molecular weight excluding hydrogens is 188 g/mol. The number of nitrogens with zero attached hydrogens (tertiary/aromatic N) is 4. The van der Waals surface area contributed by atoms with E-state index in [1.165, 1.54) is 5.69 Å². The molecule has 0 aliphatic rings. The van der Waals surface area contributed by atoms with Crippen molar-refractivity contribution < 1.29 is 0 Å². The molecule has 2 heterocycles. The topological polar surface area (TPSA) is 43.6 Å². The number of hydrogen-bond acceptors (Lipinski definition) is 3. The maximum atomic E-state index is 4.28. The van der Waals surface area contributed by atoms with Crippen LogP contribution in [0.3, 0.4) is 0 Å². The van der Waals surface area contributed by atoms with Crippen LogP contribution in [0.1, 0.15) is 25.5 Å². The van der Waals surface area contributed by atoms with Crippen molar-refractivity contribution in [2.45, 2.75) is 19.8 Å². The molecule has 0 unspecified atom stereocenters. The zero-order chi connectivity index (χ0) is 10.8. The van der Waals surface area contributed by atoms with Crippen molar-refractivity contribution in [1.29, 1.82) is 0 Å². The second-order valence-electron chi connectivity index (χ2n) is 3.85. The highest BCUT2D eigenvalue weighted by Crippen LogP contribution is 2.27. The highest BCUT2D eigenvalue weighted by molar-refractivity contribution is 5.64. The second-order valence-corrected chi connectivity index (χ2v) is 3.85. The molecule has 0 spiro atoms. The molecule has 15 heavy (non-hydrogen) atoms. The van der Waals surface area contributed by atoms with Gasteiger partial charge in [-0.05, 0) is 12.0 Å². The first-order chi connectivity index (χ1) is 7.20. The Hall–Kier alpha value is -1.71. The highest BCUT2D eigenvalue weighted by atomic mass is 15.3. The van der Waals surface area contributed by atoms with Crippen LogP contribution in [0.5, 0.6) is 0 Å². The van der Waals surface area contributed by atoms with Gasteiger partial charge in [-0.2, -0.15) is 15.3 Å². The fraction of sp³-hybridized carbons (Fsp3) is 0.364. The van der Waals surface area contributed by atoms with E-state index in [2.05, 4.69) is 29.1 Å². The van der Waals surface area contributed by atoms with E-state index in [0.717, 1.165) is 11.1 Å². The van der Waals surface area contributed by atoms with Crippen LogP contribution in [-0.2, 0) is 7.05 Å². The highest BCUT2D eigenvalue weighted by Gasteiger charge is 2.13. The molecule has 4 nitrogen and oxygen atoms in total. The molecule has 0 radical (unpaired) electrons. The molecule has 2 rings (SSSR count). The average Bonchev–Trinajstić information content (AvgIpc) is 2.61. The minimum Gasteiger partial charge on any atom is -0.272 e. The van der Waals surface area contributed by atoms with Crippen LogP contribution < -0.4 is 0 Å². The molecule has 0 N–H and O–H groups in total. The SMILES string of the molecule is CC(C)c1c(-c2ccnnc2)cnn1C. The Labute approximate surface area is 89.0 Å². The van der Waals surface area contributed by atoms with E-state index in [1.807, 2.05) is 24.0 Å². The Bertz CT molecular complexity index is 445. The molecule has 0 aliphatic carbocycles. The van der Waals surface area contributed by atoms with Gasteiger partial charge in [-0.3, -0.25) is 4.68 Å².